The molecule has 2 aliphatic rings. The van der Waals surface area contributed by atoms with Gasteiger partial charge in [-0.3, -0.25) is 4.79 Å². The second-order valence-electron chi connectivity index (χ2n) is 7.19. The highest BCUT2D eigenvalue weighted by Gasteiger charge is 2.65. The SMILES string of the molecule is CC1(C)C(NC(=O)CCC2CCCNC2)C1(C)C. The number of carbonyl (C=O) groups excluding carboxylic acids is 1. The van der Waals surface area contributed by atoms with E-state index in [1.807, 2.05) is 0 Å². The molecule has 0 spiro atoms. The molecule has 0 aromatic carbocycles. The van der Waals surface area contributed by atoms with E-state index in [9.17, 15) is 4.79 Å². The quantitative estimate of drug-likeness (QED) is 0.806. The number of hydrogen-bond acceptors (Lipinski definition) is 2. The summed E-state index contributed by atoms with van der Waals surface area (Å²) < 4.78 is 0. The van der Waals surface area contributed by atoms with Gasteiger partial charge in [-0.2, -0.15) is 0 Å². The Labute approximate surface area is 111 Å². The van der Waals surface area contributed by atoms with Crippen molar-refractivity contribution in [1.82, 2.24) is 10.6 Å². The predicted molar refractivity (Wildman–Crippen MR) is 74.3 cm³/mol. The van der Waals surface area contributed by atoms with Gasteiger partial charge in [0.25, 0.3) is 0 Å². The molecule has 1 saturated carbocycles. The summed E-state index contributed by atoms with van der Waals surface area (Å²) in [6, 6.07) is 0.349. The molecule has 0 aromatic rings. The molecular formula is C15H28N2O. The van der Waals surface area contributed by atoms with Crippen LogP contribution in [0.5, 0.6) is 0 Å². The molecule has 1 amide bonds. The van der Waals surface area contributed by atoms with Crippen molar-refractivity contribution < 1.29 is 4.79 Å². The molecule has 1 atom stereocenters. The Morgan fingerprint density at radius 3 is 2.44 bits per heavy atom. The van der Waals surface area contributed by atoms with Gasteiger partial charge in [0.15, 0.2) is 0 Å². The maximum Gasteiger partial charge on any atom is 0.220 e. The fourth-order valence-corrected chi connectivity index (χ4v) is 3.30. The molecule has 0 bridgehead atoms. The molecule has 1 heterocycles. The maximum atomic E-state index is 12.0. The van der Waals surface area contributed by atoms with E-state index in [4.69, 9.17) is 0 Å². The van der Waals surface area contributed by atoms with E-state index in [2.05, 4.69) is 38.3 Å². The Morgan fingerprint density at radius 1 is 1.28 bits per heavy atom. The third-order valence-corrected chi connectivity index (χ3v) is 5.50. The van der Waals surface area contributed by atoms with Crippen LogP contribution < -0.4 is 10.6 Å². The van der Waals surface area contributed by atoms with E-state index in [1.54, 1.807) is 0 Å². The van der Waals surface area contributed by atoms with Crippen LogP contribution in [0.2, 0.25) is 0 Å². The van der Waals surface area contributed by atoms with Crippen LogP contribution in [-0.4, -0.2) is 25.0 Å². The Balaban J connectivity index is 1.70. The topological polar surface area (TPSA) is 41.1 Å². The number of nitrogens with one attached hydrogen (secondary N) is 2. The predicted octanol–water partition coefficient (Wildman–Crippen LogP) is 2.32. The number of piperidine rings is 1. The van der Waals surface area contributed by atoms with Crippen molar-refractivity contribution >= 4 is 5.91 Å². The fraction of sp³-hybridized carbons (Fsp3) is 0.933. The smallest absolute Gasteiger partial charge is 0.220 e. The summed E-state index contributed by atoms with van der Waals surface area (Å²) in [5, 5.41) is 6.62. The summed E-state index contributed by atoms with van der Waals surface area (Å²) in [7, 11) is 0. The van der Waals surface area contributed by atoms with Gasteiger partial charge in [-0.15, -0.1) is 0 Å². The van der Waals surface area contributed by atoms with E-state index >= 15 is 0 Å². The summed E-state index contributed by atoms with van der Waals surface area (Å²) in [4.78, 5) is 12.0. The van der Waals surface area contributed by atoms with Gasteiger partial charge in [0.05, 0.1) is 0 Å². The van der Waals surface area contributed by atoms with E-state index in [0.29, 0.717) is 18.4 Å². The zero-order chi connectivity index (χ0) is 13.4. The second-order valence-corrected chi connectivity index (χ2v) is 7.19. The Morgan fingerprint density at radius 2 is 1.94 bits per heavy atom. The van der Waals surface area contributed by atoms with Crippen molar-refractivity contribution in [2.75, 3.05) is 13.1 Å². The standard InChI is InChI=1S/C15H28N2O/c1-14(2)13(15(14,3)4)17-12(18)8-7-11-6-5-9-16-10-11/h11,13,16H,5-10H2,1-4H3,(H,17,18). The largest absolute Gasteiger partial charge is 0.352 e. The van der Waals surface area contributed by atoms with E-state index in [0.717, 1.165) is 19.5 Å². The van der Waals surface area contributed by atoms with Crippen LogP contribution >= 0.6 is 0 Å². The second kappa shape index (κ2) is 4.84. The molecule has 1 aliphatic carbocycles. The minimum absolute atomic E-state index is 0.240. The molecule has 18 heavy (non-hydrogen) atoms. The number of hydrogen-bond donors (Lipinski definition) is 2. The molecule has 2 N–H and O–H groups in total. The highest BCUT2D eigenvalue weighted by molar-refractivity contribution is 5.77. The van der Waals surface area contributed by atoms with Crippen LogP contribution in [0.25, 0.3) is 0 Å². The van der Waals surface area contributed by atoms with Gasteiger partial charge < -0.3 is 10.6 Å². The molecule has 3 heteroatoms. The number of amides is 1. The number of carbonyl (C=O) groups is 1. The summed E-state index contributed by atoms with van der Waals surface area (Å²) in [6.07, 6.45) is 4.26. The molecule has 2 rings (SSSR count). The first-order chi connectivity index (χ1) is 8.35. The average molecular weight is 252 g/mol. The van der Waals surface area contributed by atoms with Crippen LogP contribution in [0.4, 0.5) is 0 Å². The Bertz CT molecular complexity index is 302. The monoisotopic (exact) mass is 252 g/mol. The summed E-state index contributed by atoms with van der Waals surface area (Å²) >= 11 is 0. The molecule has 104 valence electrons. The van der Waals surface area contributed by atoms with Gasteiger partial charge in [-0.05, 0) is 49.1 Å². The summed E-state index contributed by atoms with van der Waals surface area (Å²) in [6.45, 7) is 11.2. The van der Waals surface area contributed by atoms with Crippen molar-refractivity contribution in [2.24, 2.45) is 16.7 Å². The van der Waals surface area contributed by atoms with Crippen molar-refractivity contribution in [3.05, 3.63) is 0 Å². The molecule has 3 nitrogen and oxygen atoms in total. The van der Waals surface area contributed by atoms with Gasteiger partial charge in [0.1, 0.15) is 0 Å². The lowest BCUT2D eigenvalue weighted by Gasteiger charge is -2.22. The Hall–Kier alpha value is -0.570. The number of rotatable bonds is 4. The summed E-state index contributed by atoms with van der Waals surface area (Å²) in [5.74, 6) is 0.939. The fourth-order valence-electron chi connectivity index (χ4n) is 3.30. The van der Waals surface area contributed by atoms with Crippen LogP contribution in [0.1, 0.15) is 53.4 Å². The first-order valence-corrected chi connectivity index (χ1v) is 7.36. The van der Waals surface area contributed by atoms with Crippen molar-refractivity contribution in [2.45, 2.75) is 59.4 Å². The molecule has 0 aromatic heterocycles. The lowest BCUT2D eigenvalue weighted by atomic mass is 9.94. The zero-order valence-electron chi connectivity index (χ0n) is 12.3. The Kier molecular flexibility index (Phi) is 3.72. The van der Waals surface area contributed by atoms with Gasteiger partial charge in [-0.25, -0.2) is 0 Å². The lowest BCUT2D eigenvalue weighted by Crippen LogP contribution is -2.33. The van der Waals surface area contributed by atoms with Crippen LogP contribution in [0, 0.1) is 16.7 Å². The molecule has 1 aliphatic heterocycles. The average Bonchev–Trinajstić information content (AvgIpc) is 2.70. The molecular weight excluding hydrogens is 224 g/mol. The third-order valence-electron chi connectivity index (χ3n) is 5.50. The van der Waals surface area contributed by atoms with E-state index in [1.165, 1.54) is 12.8 Å². The van der Waals surface area contributed by atoms with Crippen molar-refractivity contribution in [3.63, 3.8) is 0 Å². The van der Waals surface area contributed by atoms with Crippen LogP contribution in [-0.2, 0) is 4.79 Å². The molecule has 1 unspecified atom stereocenters. The first-order valence-electron chi connectivity index (χ1n) is 7.36. The third kappa shape index (κ3) is 2.56. The normalized spacial score (nSPS) is 29.9. The van der Waals surface area contributed by atoms with Gasteiger partial charge >= 0.3 is 0 Å². The van der Waals surface area contributed by atoms with E-state index < -0.39 is 0 Å². The maximum absolute atomic E-state index is 12.0. The zero-order valence-corrected chi connectivity index (χ0v) is 12.3. The molecule has 2 fully saturated rings. The minimum atomic E-state index is 0.240. The first kappa shape index (κ1) is 13.9. The van der Waals surface area contributed by atoms with Crippen LogP contribution in [0.15, 0.2) is 0 Å². The summed E-state index contributed by atoms with van der Waals surface area (Å²) in [5.41, 5.74) is 0.490. The van der Waals surface area contributed by atoms with Crippen molar-refractivity contribution in [3.8, 4) is 0 Å². The lowest BCUT2D eigenvalue weighted by molar-refractivity contribution is -0.121. The molecule has 1 saturated heterocycles. The highest BCUT2D eigenvalue weighted by atomic mass is 16.1. The van der Waals surface area contributed by atoms with Gasteiger partial charge in [-0.1, -0.05) is 27.7 Å². The van der Waals surface area contributed by atoms with Gasteiger partial charge in [0.2, 0.25) is 5.91 Å². The van der Waals surface area contributed by atoms with Crippen molar-refractivity contribution in [1.29, 1.82) is 0 Å². The minimum Gasteiger partial charge on any atom is -0.352 e. The van der Waals surface area contributed by atoms with Crippen LogP contribution in [0.3, 0.4) is 0 Å². The molecule has 0 radical (unpaired) electrons. The highest BCUT2D eigenvalue weighted by Crippen LogP contribution is 2.62. The van der Waals surface area contributed by atoms with E-state index in [-0.39, 0.29) is 16.7 Å². The van der Waals surface area contributed by atoms with Gasteiger partial charge in [0, 0.05) is 12.5 Å².